The largest absolute Gasteiger partial charge is 0.306 e. The lowest BCUT2D eigenvalue weighted by Crippen LogP contribution is -2.13. The molecule has 7 heteroatoms. The van der Waals surface area contributed by atoms with E-state index in [-0.39, 0.29) is 10.7 Å². The van der Waals surface area contributed by atoms with Gasteiger partial charge in [-0.3, -0.25) is 0 Å². The Morgan fingerprint density at radius 2 is 1.27 bits per heavy atom. The molecule has 0 fully saturated rings. The summed E-state index contributed by atoms with van der Waals surface area (Å²) < 4.78 is 48.9. The van der Waals surface area contributed by atoms with Crippen LogP contribution in [0.5, 0.6) is 0 Å². The highest BCUT2D eigenvalue weighted by molar-refractivity contribution is 9.10. The zero-order chi connectivity index (χ0) is 30.2. The van der Waals surface area contributed by atoms with Gasteiger partial charge in [0, 0.05) is 37.1 Å². The maximum Gasteiger partial charge on any atom is 0.268 e. The third-order valence-corrected chi connectivity index (χ3v) is 10.6. The number of halogens is 2. The first-order valence-electron chi connectivity index (χ1n) is 14.2. The maximum absolute atomic E-state index is 15.7. The second-order valence-corrected chi connectivity index (χ2v) is 13.7. The summed E-state index contributed by atoms with van der Waals surface area (Å²) in [5, 5.41) is 3.37. The van der Waals surface area contributed by atoms with Gasteiger partial charge >= 0.3 is 0 Å². The van der Waals surface area contributed by atoms with Gasteiger partial charge in [0.2, 0.25) is 0 Å². The van der Waals surface area contributed by atoms with Crippen LogP contribution in [0.1, 0.15) is 5.56 Å². The van der Waals surface area contributed by atoms with Gasteiger partial charge in [-0.15, -0.1) is 0 Å². The lowest BCUT2D eigenvalue weighted by atomic mass is 10.00. The molecule has 0 saturated heterocycles. The lowest BCUT2D eigenvalue weighted by Gasteiger charge is -2.17. The van der Waals surface area contributed by atoms with Gasteiger partial charge in [0.05, 0.1) is 32.6 Å². The first kappa shape index (κ1) is 26.9. The summed E-state index contributed by atoms with van der Waals surface area (Å²) in [7, 11) is -4.02. The van der Waals surface area contributed by atoms with Crippen LogP contribution in [0.3, 0.4) is 0 Å². The third kappa shape index (κ3) is 3.89. The molecule has 44 heavy (non-hydrogen) atoms. The van der Waals surface area contributed by atoms with E-state index in [1.54, 1.807) is 18.2 Å². The summed E-state index contributed by atoms with van der Waals surface area (Å²) in [6, 6.07) is 39.2. The van der Waals surface area contributed by atoms with Gasteiger partial charge in [-0.2, -0.15) is 0 Å². The Labute approximate surface area is 261 Å². The van der Waals surface area contributed by atoms with E-state index in [1.807, 2.05) is 115 Å². The molecule has 6 aromatic carbocycles. The number of fused-ring (bicyclic) bond motifs is 6. The fourth-order valence-corrected chi connectivity index (χ4v) is 8.31. The van der Waals surface area contributed by atoms with Crippen LogP contribution in [-0.2, 0) is 10.0 Å². The number of para-hydroxylation sites is 4. The molecule has 2 heterocycles. The minimum Gasteiger partial charge on any atom is -0.306 e. The third-order valence-electron chi connectivity index (χ3n) is 8.35. The van der Waals surface area contributed by atoms with Crippen molar-refractivity contribution < 1.29 is 12.8 Å². The van der Waals surface area contributed by atoms with Crippen molar-refractivity contribution in [2.75, 3.05) is 0 Å². The number of benzene rings is 6. The topological polar surface area (TPSA) is 44.0 Å². The van der Waals surface area contributed by atoms with E-state index in [1.165, 1.54) is 10.0 Å². The smallest absolute Gasteiger partial charge is 0.268 e. The van der Waals surface area contributed by atoms with Crippen molar-refractivity contribution in [3.8, 4) is 16.8 Å². The van der Waals surface area contributed by atoms with Crippen LogP contribution in [0.15, 0.2) is 137 Å². The molecule has 2 aromatic heterocycles. The van der Waals surface area contributed by atoms with E-state index in [0.717, 1.165) is 53.9 Å². The van der Waals surface area contributed by atoms with Crippen LogP contribution in [0.25, 0.3) is 60.4 Å². The Balaban J connectivity index is 1.52. The quantitative estimate of drug-likeness (QED) is 0.189. The van der Waals surface area contributed by atoms with Crippen molar-refractivity contribution in [1.29, 1.82) is 0 Å². The monoisotopic (exact) mass is 658 g/mol. The van der Waals surface area contributed by atoms with Crippen molar-refractivity contribution in [2.24, 2.45) is 0 Å². The van der Waals surface area contributed by atoms with Crippen LogP contribution in [0.4, 0.5) is 4.39 Å². The molecule has 0 spiro atoms. The molecule has 8 aromatic rings. The molecule has 0 aliphatic rings. The molecule has 0 N–H and O–H groups in total. The Bertz CT molecular complexity index is 2550. The van der Waals surface area contributed by atoms with Gasteiger partial charge in [0.25, 0.3) is 10.0 Å². The Hall–Kier alpha value is -4.72. The summed E-state index contributed by atoms with van der Waals surface area (Å²) in [6.07, 6.45) is 0. The number of hydrogen-bond acceptors (Lipinski definition) is 2. The SMILES string of the molecule is Cc1ccc(S(=O)(=O)n2c3ccc(Br)cc3c3cccc(-c4ccccc4-n4c5ccccc5c5cccc(F)c54)c32)cc1. The standard InChI is InChI=1S/C37H24BrFN2O2S/c1-23-16-19-25(20-17-23)44(42,43)41-35-21-18-24(38)22-31(35)30-11-6-10-28(36(30)41)26-8-2-4-14-33(26)40-34-15-5-3-9-27(34)29-12-7-13-32(39)37(29)40/h2-22H,1H3. The van der Waals surface area contributed by atoms with Crippen molar-refractivity contribution >= 4 is 69.6 Å². The highest BCUT2D eigenvalue weighted by Crippen LogP contribution is 2.42. The molecule has 0 bridgehead atoms. The van der Waals surface area contributed by atoms with Crippen molar-refractivity contribution in [2.45, 2.75) is 11.8 Å². The minimum atomic E-state index is -4.02. The van der Waals surface area contributed by atoms with Crippen LogP contribution in [0, 0.1) is 12.7 Å². The first-order chi connectivity index (χ1) is 21.3. The summed E-state index contributed by atoms with van der Waals surface area (Å²) in [5.41, 5.74) is 5.72. The van der Waals surface area contributed by atoms with E-state index in [2.05, 4.69) is 15.9 Å². The average Bonchev–Trinajstić information content (AvgIpc) is 3.55. The fourth-order valence-electron chi connectivity index (χ4n) is 6.41. The lowest BCUT2D eigenvalue weighted by molar-refractivity contribution is 0.590. The zero-order valence-electron chi connectivity index (χ0n) is 23.5. The molecule has 4 nitrogen and oxygen atoms in total. The normalized spacial score (nSPS) is 12.2. The highest BCUT2D eigenvalue weighted by Gasteiger charge is 2.27. The van der Waals surface area contributed by atoms with Gasteiger partial charge < -0.3 is 4.57 Å². The van der Waals surface area contributed by atoms with Crippen LogP contribution in [-0.4, -0.2) is 17.0 Å². The molecule has 0 radical (unpaired) electrons. The van der Waals surface area contributed by atoms with Gasteiger partial charge in [-0.25, -0.2) is 16.8 Å². The fraction of sp³-hybridized carbons (Fsp3) is 0.0270. The van der Waals surface area contributed by atoms with E-state index >= 15 is 4.39 Å². The zero-order valence-corrected chi connectivity index (χ0v) is 25.9. The number of aryl methyl sites for hydroxylation is 1. The average molecular weight is 660 g/mol. The summed E-state index contributed by atoms with van der Waals surface area (Å²) in [6.45, 7) is 1.93. The number of aromatic nitrogens is 2. The molecule has 8 rings (SSSR count). The summed E-state index contributed by atoms with van der Waals surface area (Å²) >= 11 is 3.59. The predicted molar refractivity (Wildman–Crippen MR) is 181 cm³/mol. The molecule has 0 unspecified atom stereocenters. The Kier molecular flexibility index (Phi) is 6.05. The van der Waals surface area contributed by atoms with Gasteiger partial charge in [-0.1, -0.05) is 100 Å². The van der Waals surface area contributed by atoms with Crippen LogP contribution in [0.2, 0.25) is 0 Å². The second kappa shape index (κ2) is 9.91. The first-order valence-corrected chi connectivity index (χ1v) is 16.4. The number of hydrogen-bond donors (Lipinski definition) is 0. The molecule has 214 valence electrons. The molecule has 0 amide bonds. The van der Waals surface area contributed by atoms with Crippen LogP contribution >= 0.6 is 15.9 Å². The molecular weight excluding hydrogens is 635 g/mol. The Morgan fingerprint density at radius 1 is 0.614 bits per heavy atom. The van der Waals surface area contributed by atoms with Crippen molar-refractivity contribution in [3.05, 3.63) is 143 Å². The molecule has 0 saturated carbocycles. The van der Waals surface area contributed by atoms with E-state index in [9.17, 15) is 8.42 Å². The number of rotatable bonds is 4. The van der Waals surface area contributed by atoms with Gasteiger partial charge in [0.1, 0.15) is 5.82 Å². The summed E-state index contributed by atoms with van der Waals surface area (Å²) in [5.74, 6) is -0.326. The van der Waals surface area contributed by atoms with Crippen molar-refractivity contribution in [1.82, 2.24) is 8.54 Å². The van der Waals surface area contributed by atoms with Gasteiger partial charge in [0.15, 0.2) is 0 Å². The minimum absolute atomic E-state index is 0.206. The highest BCUT2D eigenvalue weighted by atomic mass is 79.9. The molecular formula is C37H24BrFN2O2S. The molecule has 0 aliphatic carbocycles. The van der Waals surface area contributed by atoms with E-state index in [4.69, 9.17) is 0 Å². The number of nitrogens with zero attached hydrogens (tertiary/aromatic N) is 2. The Morgan fingerprint density at radius 3 is 2.09 bits per heavy atom. The molecule has 0 atom stereocenters. The maximum atomic E-state index is 15.7. The second-order valence-electron chi connectivity index (χ2n) is 11.0. The van der Waals surface area contributed by atoms with E-state index < -0.39 is 10.0 Å². The van der Waals surface area contributed by atoms with E-state index in [0.29, 0.717) is 16.6 Å². The molecule has 0 aliphatic heterocycles. The van der Waals surface area contributed by atoms with Crippen molar-refractivity contribution in [3.63, 3.8) is 0 Å². The summed E-state index contributed by atoms with van der Waals surface area (Å²) in [4.78, 5) is 0.206. The van der Waals surface area contributed by atoms with Gasteiger partial charge in [-0.05, 0) is 55.5 Å². The van der Waals surface area contributed by atoms with Crippen LogP contribution < -0.4 is 0 Å². The predicted octanol–water partition coefficient (Wildman–Crippen LogP) is 10.0.